The van der Waals surface area contributed by atoms with E-state index in [9.17, 15) is 9.18 Å². The molecule has 0 spiro atoms. The zero-order chi connectivity index (χ0) is 20.9. The summed E-state index contributed by atoms with van der Waals surface area (Å²) in [6.07, 6.45) is 1.81. The molecule has 2 aromatic carbocycles. The third kappa shape index (κ3) is 4.56. The maximum atomic E-state index is 13.8. The molecule has 1 aliphatic heterocycles. The summed E-state index contributed by atoms with van der Waals surface area (Å²) in [7, 11) is 0. The Balaban J connectivity index is 1.41. The van der Waals surface area contributed by atoms with Crippen molar-refractivity contribution < 1.29 is 13.9 Å². The smallest absolute Gasteiger partial charge is 0.227 e. The molecule has 6 nitrogen and oxygen atoms in total. The SMILES string of the molecule is CC1CN(c2cc(Oc3ccccc3F)ncn2)CCN1C(=O)Cc1ccccc1. The molecule has 3 aromatic rings. The third-order valence-electron chi connectivity index (χ3n) is 5.15. The summed E-state index contributed by atoms with van der Waals surface area (Å²) >= 11 is 0. The second-order valence-corrected chi connectivity index (χ2v) is 7.29. The van der Waals surface area contributed by atoms with E-state index in [2.05, 4.69) is 14.9 Å². The minimum Gasteiger partial charge on any atom is -0.436 e. The van der Waals surface area contributed by atoms with Crippen LogP contribution in [0.3, 0.4) is 0 Å². The summed E-state index contributed by atoms with van der Waals surface area (Å²) in [6.45, 7) is 3.95. The number of piperazine rings is 1. The minimum atomic E-state index is -0.447. The Morgan fingerprint density at radius 3 is 2.63 bits per heavy atom. The van der Waals surface area contributed by atoms with Crippen molar-refractivity contribution in [3.63, 3.8) is 0 Å². The monoisotopic (exact) mass is 406 g/mol. The molecular weight excluding hydrogens is 383 g/mol. The molecule has 2 heterocycles. The molecule has 1 saturated heterocycles. The van der Waals surface area contributed by atoms with E-state index in [1.165, 1.54) is 12.4 Å². The number of aromatic nitrogens is 2. The van der Waals surface area contributed by atoms with Crippen LogP contribution in [0.25, 0.3) is 0 Å². The van der Waals surface area contributed by atoms with Crippen molar-refractivity contribution in [3.8, 4) is 11.6 Å². The minimum absolute atomic E-state index is 0.0425. The molecule has 30 heavy (non-hydrogen) atoms. The van der Waals surface area contributed by atoms with E-state index in [4.69, 9.17) is 4.74 Å². The van der Waals surface area contributed by atoms with E-state index < -0.39 is 5.82 Å². The Morgan fingerprint density at radius 2 is 1.87 bits per heavy atom. The van der Waals surface area contributed by atoms with Gasteiger partial charge in [0.1, 0.15) is 12.1 Å². The van der Waals surface area contributed by atoms with Crippen molar-refractivity contribution >= 4 is 11.7 Å². The predicted molar refractivity (Wildman–Crippen MR) is 112 cm³/mol. The molecule has 0 bridgehead atoms. The Bertz CT molecular complexity index is 1010. The van der Waals surface area contributed by atoms with E-state index in [0.29, 0.717) is 31.9 Å². The highest BCUT2D eigenvalue weighted by molar-refractivity contribution is 5.79. The maximum absolute atomic E-state index is 13.8. The van der Waals surface area contributed by atoms with Gasteiger partial charge in [0.15, 0.2) is 11.6 Å². The largest absolute Gasteiger partial charge is 0.436 e. The molecule has 0 N–H and O–H groups in total. The van der Waals surface area contributed by atoms with Crippen molar-refractivity contribution in [3.05, 3.63) is 78.4 Å². The van der Waals surface area contributed by atoms with Crippen molar-refractivity contribution in [1.82, 2.24) is 14.9 Å². The Hall–Kier alpha value is -3.48. The molecule has 1 unspecified atom stereocenters. The molecule has 0 saturated carbocycles. The third-order valence-corrected chi connectivity index (χ3v) is 5.15. The van der Waals surface area contributed by atoms with Gasteiger partial charge in [0.05, 0.1) is 6.42 Å². The highest BCUT2D eigenvalue weighted by atomic mass is 19.1. The Morgan fingerprint density at radius 1 is 1.10 bits per heavy atom. The van der Waals surface area contributed by atoms with Gasteiger partial charge in [-0.3, -0.25) is 4.79 Å². The number of carbonyl (C=O) groups is 1. The fourth-order valence-corrected chi connectivity index (χ4v) is 3.61. The zero-order valence-corrected chi connectivity index (χ0v) is 16.7. The first-order valence-electron chi connectivity index (χ1n) is 9.93. The first-order valence-corrected chi connectivity index (χ1v) is 9.93. The number of amides is 1. The summed E-state index contributed by atoms with van der Waals surface area (Å²) in [5.74, 6) is 0.766. The second-order valence-electron chi connectivity index (χ2n) is 7.29. The maximum Gasteiger partial charge on any atom is 0.227 e. The number of carbonyl (C=O) groups excluding carboxylic acids is 1. The lowest BCUT2D eigenvalue weighted by molar-refractivity contribution is -0.132. The molecule has 1 fully saturated rings. The number of nitrogens with zero attached hydrogens (tertiary/aromatic N) is 4. The molecule has 1 amide bonds. The van der Waals surface area contributed by atoms with Crippen LogP contribution in [0.15, 0.2) is 67.0 Å². The number of hydrogen-bond acceptors (Lipinski definition) is 5. The molecule has 0 aliphatic carbocycles. The van der Waals surface area contributed by atoms with Crippen LogP contribution in [0.4, 0.5) is 10.2 Å². The van der Waals surface area contributed by atoms with E-state index in [0.717, 1.165) is 5.56 Å². The van der Waals surface area contributed by atoms with Gasteiger partial charge in [-0.1, -0.05) is 42.5 Å². The summed E-state index contributed by atoms with van der Waals surface area (Å²) < 4.78 is 19.4. The van der Waals surface area contributed by atoms with Crippen LogP contribution >= 0.6 is 0 Å². The fraction of sp³-hybridized carbons (Fsp3) is 0.261. The number of hydrogen-bond donors (Lipinski definition) is 0. The highest BCUT2D eigenvalue weighted by Crippen LogP contribution is 2.25. The van der Waals surface area contributed by atoms with E-state index >= 15 is 0 Å². The van der Waals surface area contributed by atoms with Gasteiger partial charge < -0.3 is 14.5 Å². The number of benzene rings is 2. The topological polar surface area (TPSA) is 58.6 Å². The van der Waals surface area contributed by atoms with E-state index in [-0.39, 0.29) is 23.6 Å². The standard InChI is InChI=1S/C23H23FN4O2/c1-17-15-27(11-12-28(17)23(29)13-18-7-3-2-4-8-18)21-14-22(26-16-25-21)30-20-10-6-5-9-19(20)24/h2-10,14,16-17H,11-13,15H2,1H3. The number of anilines is 1. The van der Waals surface area contributed by atoms with Crippen molar-refractivity contribution in [2.75, 3.05) is 24.5 Å². The van der Waals surface area contributed by atoms with Gasteiger partial charge in [0, 0.05) is 31.7 Å². The summed E-state index contributed by atoms with van der Waals surface area (Å²) in [4.78, 5) is 25.2. The zero-order valence-electron chi connectivity index (χ0n) is 16.7. The fourth-order valence-electron chi connectivity index (χ4n) is 3.61. The van der Waals surface area contributed by atoms with Gasteiger partial charge in [0.2, 0.25) is 11.8 Å². The number of halogens is 1. The van der Waals surface area contributed by atoms with Crippen LogP contribution in [-0.2, 0) is 11.2 Å². The van der Waals surface area contributed by atoms with E-state index in [1.54, 1.807) is 24.3 Å². The Labute approximate surface area is 174 Å². The molecule has 4 rings (SSSR count). The summed E-state index contributed by atoms with van der Waals surface area (Å²) in [5.41, 5.74) is 1.02. The van der Waals surface area contributed by atoms with Crippen LogP contribution in [0.5, 0.6) is 11.6 Å². The molecule has 7 heteroatoms. The quantitative estimate of drug-likeness (QED) is 0.647. The lowest BCUT2D eigenvalue weighted by Crippen LogP contribution is -2.54. The van der Waals surface area contributed by atoms with Gasteiger partial charge >= 0.3 is 0 Å². The number of para-hydroxylation sites is 1. The van der Waals surface area contributed by atoms with Crippen molar-refractivity contribution in [1.29, 1.82) is 0 Å². The average molecular weight is 406 g/mol. The Kier molecular flexibility index (Phi) is 5.88. The van der Waals surface area contributed by atoms with Gasteiger partial charge in [-0.25, -0.2) is 14.4 Å². The predicted octanol–water partition coefficient (Wildman–Crippen LogP) is 3.69. The molecule has 154 valence electrons. The number of rotatable bonds is 5. The summed E-state index contributed by atoms with van der Waals surface area (Å²) in [5, 5.41) is 0. The molecule has 0 radical (unpaired) electrons. The first kappa shape index (κ1) is 19.8. The van der Waals surface area contributed by atoms with E-state index in [1.807, 2.05) is 42.2 Å². The van der Waals surface area contributed by atoms with Gasteiger partial charge in [-0.15, -0.1) is 0 Å². The van der Waals surface area contributed by atoms with Crippen LogP contribution in [0, 0.1) is 5.82 Å². The highest BCUT2D eigenvalue weighted by Gasteiger charge is 2.28. The van der Waals surface area contributed by atoms with Gasteiger partial charge in [0.25, 0.3) is 0 Å². The van der Waals surface area contributed by atoms with Gasteiger partial charge in [-0.2, -0.15) is 0 Å². The van der Waals surface area contributed by atoms with Gasteiger partial charge in [-0.05, 0) is 24.6 Å². The summed E-state index contributed by atoms with van der Waals surface area (Å²) in [6, 6.07) is 17.7. The lowest BCUT2D eigenvalue weighted by Gasteiger charge is -2.40. The van der Waals surface area contributed by atoms with Crippen LogP contribution < -0.4 is 9.64 Å². The normalized spacial score (nSPS) is 16.4. The average Bonchev–Trinajstić information content (AvgIpc) is 2.76. The molecule has 1 aromatic heterocycles. The van der Waals surface area contributed by atoms with Crippen LogP contribution in [-0.4, -0.2) is 46.5 Å². The molecular formula is C23H23FN4O2. The van der Waals surface area contributed by atoms with Crippen LogP contribution in [0.2, 0.25) is 0 Å². The van der Waals surface area contributed by atoms with Crippen LogP contribution in [0.1, 0.15) is 12.5 Å². The number of ether oxygens (including phenoxy) is 1. The van der Waals surface area contributed by atoms with Crippen molar-refractivity contribution in [2.24, 2.45) is 0 Å². The second kappa shape index (κ2) is 8.90. The molecule has 1 atom stereocenters. The first-order chi connectivity index (χ1) is 14.6. The van der Waals surface area contributed by atoms with Crippen molar-refractivity contribution in [2.45, 2.75) is 19.4 Å². The molecule has 1 aliphatic rings. The lowest BCUT2D eigenvalue weighted by atomic mass is 10.1.